The van der Waals surface area contributed by atoms with Gasteiger partial charge in [0.15, 0.2) is 0 Å². The highest BCUT2D eigenvalue weighted by molar-refractivity contribution is 5.08. The van der Waals surface area contributed by atoms with Gasteiger partial charge in [-0.05, 0) is 38.1 Å². The van der Waals surface area contributed by atoms with E-state index < -0.39 is 0 Å². The van der Waals surface area contributed by atoms with Gasteiger partial charge < -0.3 is 4.90 Å². The molecule has 1 aromatic heterocycles. The Bertz CT molecular complexity index is 221. The van der Waals surface area contributed by atoms with E-state index in [1.165, 1.54) is 18.5 Å². The minimum absolute atomic E-state index is 1.10. The van der Waals surface area contributed by atoms with Crippen molar-refractivity contribution in [1.29, 1.82) is 0 Å². The van der Waals surface area contributed by atoms with Gasteiger partial charge in [0.2, 0.25) is 0 Å². The van der Waals surface area contributed by atoms with Crippen molar-refractivity contribution in [3.63, 3.8) is 0 Å². The molecule has 0 radical (unpaired) electrons. The topological polar surface area (TPSA) is 16.1 Å². The van der Waals surface area contributed by atoms with Gasteiger partial charge in [0.05, 0.1) is 0 Å². The first-order valence-electron chi connectivity index (χ1n) is 4.90. The van der Waals surface area contributed by atoms with E-state index in [9.17, 15) is 0 Å². The average Bonchev–Trinajstić information content (AvgIpc) is 2.17. The predicted octanol–water partition coefficient (Wildman–Crippen LogP) is 1.97. The quantitative estimate of drug-likeness (QED) is 0.685. The summed E-state index contributed by atoms with van der Waals surface area (Å²) in [5.41, 5.74) is 1.32. The van der Waals surface area contributed by atoms with E-state index in [1.807, 2.05) is 18.5 Å². The zero-order valence-corrected chi connectivity index (χ0v) is 8.53. The molecule has 0 aromatic carbocycles. The second-order valence-electron chi connectivity index (χ2n) is 3.41. The second-order valence-corrected chi connectivity index (χ2v) is 3.41. The highest BCUT2D eigenvalue weighted by Gasteiger charge is 1.97. The maximum atomic E-state index is 4.09. The number of hydrogen-bond donors (Lipinski definition) is 0. The van der Waals surface area contributed by atoms with Crippen LogP contribution in [0, 0.1) is 0 Å². The van der Waals surface area contributed by atoms with Crippen molar-refractivity contribution in [2.24, 2.45) is 0 Å². The van der Waals surface area contributed by atoms with Gasteiger partial charge in [-0.25, -0.2) is 0 Å². The molecular formula is C11H18N2. The lowest BCUT2D eigenvalue weighted by atomic mass is 10.2. The Hall–Kier alpha value is -0.890. The summed E-state index contributed by atoms with van der Waals surface area (Å²) in [7, 11) is 2.17. The summed E-state index contributed by atoms with van der Waals surface area (Å²) < 4.78 is 0. The maximum absolute atomic E-state index is 4.09. The summed E-state index contributed by atoms with van der Waals surface area (Å²) in [4.78, 5) is 6.44. The van der Waals surface area contributed by atoms with Crippen LogP contribution in [0.1, 0.15) is 18.9 Å². The Labute approximate surface area is 80.6 Å². The lowest BCUT2D eigenvalue weighted by Crippen LogP contribution is -2.21. The molecule has 13 heavy (non-hydrogen) atoms. The zero-order chi connectivity index (χ0) is 9.52. The normalized spacial score (nSPS) is 10.7. The lowest BCUT2D eigenvalue weighted by Gasteiger charge is -2.14. The van der Waals surface area contributed by atoms with Crippen LogP contribution in [0.2, 0.25) is 0 Å². The van der Waals surface area contributed by atoms with Crippen molar-refractivity contribution in [2.75, 3.05) is 20.1 Å². The molecule has 0 aliphatic carbocycles. The summed E-state index contributed by atoms with van der Waals surface area (Å²) >= 11 is 0. The van der Waals surface area contributed by atoms with E-state index in [0.29, 0.717) is 0 Å². The summed E-state index contributed by atoms with van der Waals surface area (Å²) in [6.07, 6.45) is 6.09. The molecule has 0 aliphatic heterocycles. The number of likely N-dealkylation sites (N-methyl/N-ethyl adjacent to an activating group) is 1. The van der Waals surface area contributed by atoms with Crippen LogP contribution >= 0.6 is 0 Å². The molecule has 0 fully saturated rings. The first kappa shape index (κ1) is 10.2. The summed E-state index contributed by atoms with van der Waals surface area (Å²) in [6.45, 7) is 4.51. The van der Waals surface area contributed by atoms with Crippen LogP contribution in [0.25, 0.3) is 0 Å². The van der Waals surface area contributed by atoms with Gasteiger partial charge in [-0.3, -0.25) is 4.98 Å². The first-order valence-corrected chi connectivity index (χ1v) is 4.90. The Morgan fingerprint density at radius 1 is 1.38 bits per heavy atom. The van der Waals surface area contributed by atoms with Gasteiger partial charge in [-0.15, -0.1) is 0 Å². The van der Waals surface area contributed by atoms with Crippen molar-refractivity contribution >= 4 is 0 Å². The van der Waals surface area contributed by atoms with Crippen LogP contribution < -0.4 is 0 Å². The summed E-state index contributed by atoms with van der Waals surface area (Å²) in [6, 6.07) is 4.13. The fraction of sp³-hybridized carbons (Fsp3) is 0.545. The van der Waals surface area contributed by atoms with Crippen LogP contribution in [-0.2, 0) is 6.42 Å². The fourth-order valence-electron chi connectivity index (χ4n) is 1.36. The Balaban J connectivity index is 2.27. The molecular weight excluding hydrogens is 160 g/mol. The highest BCUT2D eigenvalue weighted by Crippen LogP contribution is 1.98. The van der Waals surface area contributed by atoms with Crippen molar-refractivity contribution in [3.05, 3.63) is 30.1 Å². The third kappa shape index (κ3) is 4.04. The van der Waals surface area contributed by atoms with Gasteiger partial charge in [-0.1, -0.05) is 13.0 Å². The zero-order valence-electron chi connectivity index (χ0n) is 8.53. The molecule has 0 amide bonds. The number of nitrogens with zero attached hydrogens (tertiary/aromatic N) is 2. The van der Waals surface area contributed by atoms with Crippen molar-refractivity contribution in [3.8, 4) is 0 Å². The molecule has 72 valence electrons. The van der Waals surface area contributed by atoms with E-state index in [2.05, 4.69) is 29.9 Å². The molecule has 0 spiro atoms. The molecule has 1 heterocycles. The monoisotopic (exact) mass is 178 g/mol. The number of aromatic nitrogens is 1. The smallest absolute Gasteiger partial charge is 0.0300 e. The molecule has 1 aromatic rings. The Morgan fingerprint density at radius 3 is 2.85 bits per heavy atom. The van der Waals surface area contributed by atoms with Crippen LogP contribution in [0.5, 0.6) is 0 Å². The van der Waals surface area contributed by atoms with Crippen LogP contribution in [0.15, 0.2) is 24.5 Å². The van der Waals surface area contributed by atoms with Crippen molar-refractivity contribution < 1.29 is 0 Å². The van der Waals surface area contributed by atoms with Crippen LogP contribution in [0.4, 0.5) is 0 Å². The van der Waals surface area contributed by atoms with Crippen molar-refractivity contribution in [1.82, 2.24) is 9.88 Å². The van der Waals surface area contributed by atoms with E-state index in [1.54, 1.807) is 0 Å². The Kier molecular flexibility index (Phi) is 4.47. The predicted molar refractivity (Wildman–Crippen MR) is 55.7 cm³/mol. The van der Waals surface area contributed by atoms with E-state index in [4.69, 9.17) is 0 Å². The fourth-order valence-corrected chi connectivity index (χ4v) is 1.36. The molecule has 0 aliphatic rings. The first-order chi connectivity index (χ1) is 6.33. The minimum Gasteiger partial charge on any atom is -0.306 e. The molecule has 0 N–H and O–H groups in total. The molecule has 0 unspecified atom stereocenters. The highest BCUT2D eigenvalue weighted by atomic mass is 15.1. The maximum Gasteiger partial charge on any atom is 0.0300 e. The average molecular weight is 178 g/mol. The van der Waals surface area contributed by atoms with Gasteiger partial charge in [-0.2, -0.15) is 0 Å². The third-order valence-corrected chi connectivity index (χ3v) is 2.11. The van der Waals surface area contributed by atoms with E-state index in [0.717, 1.165) is 13.0 Å². The number of rotatable bonds is 5. The lowest BCUT2D eigenvalue weighted by molar-refractivity contribution is 0.339. The molecule has 1 rings (SSSR count). The molecule has 0 atom stereocenters. The number of hydrogen-bond acceptors (Lipinski definition) is 2. The minimum atomic E-state index is 1.10. The van der Waals surface area contributed by atoms with Crippen LogP contribution in [0.3, 0.4) is 0 Å². The SMILES string of the molecule is CCCN(C)CCc1cccnc1. The standard InChI is InChI=1S/C11H18N2/c1-3-8-13(2)9-6-11-5-4-7-12-10-11/h4-5,7,10H,3,6,8-9H2,1-2H3. The number of pyridine rings is 1. The molecule has 2 heteroatoms. The van der Waals surface area contributed by atoms with Gasteiger partial charge in [0.25, 0.3) is 0 Å². The van der Waals surface area contributed by atoms with E-state index >= 15 is 0 Å². The molecule has 0 bridgehead atoms. The second kappa shape index (κ2) is 5.70. The largest absolute Gasteiger partial charge is 0.306 e. The van der Waals surface area contributed by atoms with Crippen LogP contribution in [-0.4, -0.2) is 30.0 Å². The van der Waals surface area contributed by atoms with E-state index in [-0.39, 0.29) is 0 Å². The molecule has 2 nitrogen and oxygen atoms in total. The van der Waals surface area contributed by atoms with Gasteiger partial charge in [0.1, 0.15) is 0 Å². The Morgan fingerprint density at radius 2 is 2.23 bits per heavy atom. The molecule has 0 saturated carbocycles. The third-order valence-electron chi connectivity index (χ3n) is 2.11. The summed E-state index contributed by atoms with van der Waals surface area (Å²) in [5, 5.41) is 0. The van der Waals surface area contributed by atoms with Gasteiger partial charge >= 0.3 is 0 Å². The molecule has 0 saturated heterocycles. The summed E-state index contributed by atoms with van der Waals surface area (Å²) in [5.74, 6) is 0. The van der Waals surface area contributed by atoms with Gasteiger partial charge in [0, 0.05) is 18.9 Å². The van der Waals surface area contributed by atoms with Crippen molar-refractivity contribution in [2.45, 2.75) is 19.8 Å².